The Hall–Kier alpha value is -3.48. The predicted molar refractivity (Wildman–Crippen MR) is 139 cm³/mol. The molecule has 0 atom stereocenters. The maximum atomic E-state index is 10.9. The molecule has 174 valence electrons. The van der Waals surface area contributed by atoms with Crippen LogP contribution in [0.2, 0.25) is 5.02 Å². The quantitative estimate of drug-likeness (QED) is 0.370. The van der Waals surface area contributed by atoms with Gasteiger partial charge in [-0.25, -0.2) is 4.99 Å². The summed E-state index contributed by atoms with van der Waals surface area (Å²) in [5.74, 6) is 0.860. The molecule has 0 aliphatic carbocycles. The van der Waals surface area contributed by atoms with Crippen LogP contribution in [0.15, 0.2) is 65.7 Å². The summed E-state index contributed by atoms with van der Waals surface area (Å²) in [6, 6.07) is 19.8. The molecular weight excluding hydrogens is 448 g/mol. The summed E-state index contributed by atoms with van der Waals surface area (Å²) in [4.78, 5) is 12.4. The average molecular weight is 475 g/mol. The lowest BCUT2D eigenvalue weighted by Gasteiger charge is -2.28. The fraction of sp³-hybridized carbons (Fsp3) is 0.222. The lowest BCUT2D eigenvalue weighted by molar-refractivity contribution is 0.311. The van der Waals surface area contributed by atoms with Gasteiger partial charge in [0.05, 0.1) is 34.7 Å². The maximum absolute atomic E-state index is 10.9. The molecule has 1 aromatic heterocycles. The van der Waals surface area contributed by atoms with Gasteiger partial charge in [-0.15, -0.1) is 0 Å². The highest BCUT2D eigenvalue weighted by atomic mass is 35.5. The Morgan fingerprint density at radius 2 is 1.91 bits per heavy atom. The number of likely N-dealkylation sites (N-methyl/N-ethyl adjacent to an activating group) is 1. The van der Waals surface area contributed by atoms with Gasteiger partial charge in [-0.1, -0.05) is 35.9 Å². The van der Waals surface area contributed by atoms with Gasteiger partial charge in [-0.05, 0) is 56.1 Å². The molecule has 2 heterocycles. The van der Waals surface area contributed by atoms with Gasteiger partial charge in [-0.2, -0.15) is 0 Å². The van der Waals surface area contributed by atoms with Gasteiger partial charge in [0, 0.05) is 29.6 Å². The van der Waals surface area contributed by atoms with E-state index in [-0.39, 0.29) is 5.88 Å². The van der Waals surface area contributed by atoms with Crippen molar-refractivity contribution in [3.05, 3.63) is 82.4 Å². The second-order valence-electron chi connectivity index (χ2n) is 8.86. The largest absolute Gasteiger partial charge is 0.494 e. The van der Waals surface area contributed by atoms with Crippen LogP contribution in [0.5, 0.6) is 11.6 Å². The molecule has 34 heavy (non-hydrogen) atoms. The van der Waals surface area contributed by atoms with Gasteiger partial charge in [0.15, 0.2) is 5.88 Å². The number of anilines is 1. The summed E-state index contributed by atoms with van der Waals surface area (Å²) in [5.41, 5.74) is 5.95. The van der Waals surface area contributed by atoms with Crippen LogP contribution < -0.4 is 9.64 Å². The Morgan fingerprint density at radius 1 is 1.12 bits per heavy atom. The minimum absolute atomic E-state index is 0.0519. The molecule has 0 fully saturated rings. The zero-order valence-corrected chi connectivity index (χ0v) is 20.2. The van der Waals surface area contributed by atoms with Crippen molar-refractivity contribution in [2.45, 2.75) is 6.54 Å². The normalized spacial score (nSPS) is 13.9. The molecule has 1 aliphatic rings. The zero-order valence-electron chi connectivity index (χ0n) is 19.5. The van der Waals surface area contributed by atoms with Crippen LogP contribution in [-0.2, 0) is 6.54 Å². The minimum Gasteiger partial charge on any atom is -0.494 e. The van der Waals surface area contributed by atoms with E-state index in [0.29, 0.717) is 22.9 Å². The van der Waals surface area contributed by atoms with Gasteiger partial charge >= 0.3 is 0 Å². The van der Waals surface area contributed by atoms with E-state index in [9.17, 15) is 5.11 Å². The lowest BCUT2D eigenvalue weighted by Crippen LogP contribution is -2.28. The standard InChI is InChI=1S/C27H27ClN4O2/c1-31(2)16-17-4-8-20(9-5-17)29-26(18-6-11-23-24(14-18)34-13-12-32(23)3)25-21-10-7-19(28)15-22(21)30-27(25)33/h4-11,14-15,30,33H,12-13,16H2,1-3H3. The number of ether oxygens (including phenoxy) is 1. The average Bonchev–Trinajstić information content (AvgIpc) is 3.12. The van der Waals surface area contributed by atoms with Crippen LogP contribution in [0.4, 0.5) is 11.4 Å². The van der Waals surface area contributed by atoms with Crippen molar-refractivity contribution < 1.29 is 9.84 Å². The number of nitrogens with zero attached hydrogens (tertiary/aromatic N) is 3. The van der Waals surface area contributed by atoms with Crippen LogP contribution in [0, 0.1) is 0 Å². The van der Waals surface area contributed by atoms with Crippen molar-refractivity contribution in [3.8, 4) is 11.6 Å². The second-order valence-corrected chi connectivity index (χ2v) is 9.29. The minimum atomic E-state index is 0.0519. The molecule has 2 N–H and O–H groups in total. The van der Waals surface area contributed by atoms with Gasteiger partial charge in [0.1, 0.15) is 12.4 Å². The van der Waals surface area contributed by atoms with Crippen LogP contribution in [-0.4, -0.2) is 55.0 Å². The van der Waals surface area contributed by atoms with E-state index in [4.69, 9.17) is 21.3 Å². The monoisotopic (exact) mass is 474 g/mol. The molecule has 7 heteroatoms. The maximum Gasteiger partial charge on any atom is 0.199 e. The first-order valence-electron chi connectivity index (χ1n) is 11.2. The van der Waals surface area contributed by atoms with E-state index >= 15 is 0 Å². The molecule has 0 amide bonds. The molecule has 5 rings (SSSR count). The van der Waals surface area contributed by atoms with Crippen LogP contribution in [0.1, 0.15) is 16.7 Å². The number of hydrogen-bond donors (Lipinski definition) is 2. The molecule has 0 bridgehead atoms. The fourth-order valence-electron chi connectivity index (χ4n) is 4.34. The number of fused-ring (bicyclic) bond motifs is 2. The van der Waals surface area contributed by atoms with E-state index in [1.165, 1.54) is 5.56 Å². The van der Waals surface area contributed by atoms with Crippen LogP contribution in [0.3, 0.4) is 0 Å². The van der Waals surface area contributed by atoms with Crippen molar-refractivity contribution in [3.63, 3.8) is 0 Å². The predicted octanol–water partition coefficient (Wildman–Crippen LogP) is 5.59. The molecular formula is C27H27ClN4O2. The van der Waals surface area contributed by atoms with E-state index in [1.54, 1.807) is 6.07 Å². The number of nitrogens with one attached hydrogen (secondary N) is 1. The van der Waals surface area contributed by atoms with E-state index in [2.05, 4.69) is 34.0 Å². The Balaban J connectivity index is 1.67. The molecule has 0 saturated heterocycles. The number of benzene rings is 3. The summed E-state index contributed by atoms with van der Waals surface area (Å²) < 4.78 is 5.95. The third-order valence-corrected chi connectivity index (χ3v) is 6.22. The molecule has 3 aromatic carbocycles. The van der Waals surface area contributed by atoms with Gasteiger partial charge < -0.3 is 24.6 Å². The highest BCUT2D eigenvalue weighted by molar-refractivity contribution is 6.31. The number of aromatic nitrogens is 1. The highest BCUT2D eigenvalue weighted by Crippen LogP contribution is 2.36. The number of halogens is 1. The Bertz CT molecular complexity index is 1380. The van der Waals surface area contributed by atoms with Crippen LogP contribution in [0.25, 0.3) is 10.9 Å². The number of aromatic hydroxyl groups is 1. The number of rotatable bonds is 5. The molecule has 4 aromatic rings. The SMILES string of the molecule is CN(C)Cc1ccc(N=C(c2ccc3c(c2)OCCN3C)c2c(O)[nH]c3cc(Cl)ccc23)cc1. The Labute approximate surface area is 204 Å². The topological polar surface area (TPSA) is 64.1 Å². The smallest absolute Gasteiger partial charge is 0.199 e. The summed E-state index contributed by atoms with van der Waals surface area (Å²) >= 11 is 6.19. The second kappa shape index (κ2) is 9.05. The lowest BCUT2D eigenvalue weighted by atomic mass is 9.99. The third kappa shape index (κ3) is 4.34. The van der Waals surface area contributed by atoms with E-state index in [1.807, 2.05) is 56.6 Å². The number of aliphatic imine (C=N–C) groups is 1. The van der Waals surface area contributed by atoms with Crippen molar-refractivity contribution in [1.82, 2.24) is 9.88 Å². The molecule has 0 radical (unpaired) electrons. The third-order valence-electron chi connectivity index (χ3n) is 5.98. The van der Waals surface area contributed by atoms with Crippen molar-refractivity contribution in [2.75, 3.05) is 39.2 Å². The zero-order chi connectivity index (χ0) is 23.8. The van der Waals surface area contributed by atoms with Gasteiger partial charge in [0.2, 0.25) is 0 Å². The summed E-state index contributed by atoms with van der Waals surface area (Å²) in [7, 11) is 6.15. The molecule has 0 saturated carbocycles. The van der Waals surface area contributed by atoms with Gasteiger partial charge in [-0.3, -0.25) is 0 Å². The molecule has 0 spiro atoms. The number of hydrogen-bond acceptors (Lipinski definition) is 5. The first kappa shape index (κ1) is 22.3. The number of aromatic amines is 1. The fourth-order valence-corrected chi connectivity index (χ4v) is 4.51. The van der Waals surface area contributed by atoms with Crippen LogP contribution >= 0.6 is 11.6 Å². The number of H-pyrrole nitrogens is 1. The Morgan fingerprint density at radius 3 is 2.68 bits per heavy atom. The first-order valence-corrected chi connectivity index (χ1v) is 11.6. The van der Waals surface area contributed by atoms with E-state index < -0.39 is 0 Å². The molecule has 1 aliphatic heterocycles. The molecule has 6 nitrogen and oxygen atoms in total. The first-order chi connectivity index (χ1) is 16.4. The van der Waals surface area contributed by atoms with Crippen molar-refractivity contribution >= 4 is 39.6 Å². The highest BCUT2D eigenvalue weighted by Gasteiger charge is 2.22. The van der Waals surface area contributed by atoms with Crippen molar-refractivity contribution in [2.24, 2.45) is 4.99 Å². The Kier molecular flexibility index (Phi) is 5.94. The molecule has 0 unspecified atom stereocenters. The summed E-state index contributed by atoms with van der Waals surface area (Å²) in [6.45, 7) is 2.33. The van der Waals surface area contributed by atoms with Gasteiger partial charge in [0.25, 0.3) is 0 Å². The summed E-state index contributed by atoms with van der Waals surface area (Å²) in [5, 5.41) is 12.4. The van der Waals surface area contributed by atoms with Crippen molar-refractivity contribution in [1.29, 1.82) is 0 Å². The summed E-state index contributed by atoms with van der Waals surface area (Å²) in [6.07, 6.45) is 0. The van der Waals surface area contributed by atoms with E-state index in [0.717, 1.165) is 46.7 Å².